The van der Waals surface area contributed by atoms with Crippen molar-refractivity contribution >= 4 is 17.2 Å². The van der Waals surface area contributed by atoms with Crippen LogP contribution in [0.25, 0.3) is 0 Å². The fourth-order valence-electron chi connectivity index (χ4n) is 2.64. The van der Waals surface area contributed by atoms with Crippen molar-refractivity contribution in [2.45, 2.75) is 12.8 Å². The maximum atomic E-state index is 5.79. The van der Waals surface area contributed by atoms with Gasteiger partial charge in [-0.3, -0.25) is 4.90 Å². The Balaban J connectivity index is 1.70. The van der Waals surface area contributed by atoms with E-state index in [9.17, 15) is 0 Å². The molecular weight excluding hydrogens is 284 g/mol. The number of benzene rings is 1. The summed E-state index contributed by atoms with van der Waals surface area (Å²) in [5.74, 6) is 1.55. The van der Waals surface area contributed by atoms with E-state index in [2.05, 4.69) is 4.90 Å². The van der Waals surface area contributed by atoms with Gasteiger partial charge in [-0.05, 0) is 44.0 Å². The number of likely N-dealkylation sites (tertiary alicyclic amines) is 1. The molecule has 1 heterocycles. The second kappa shape index (κ2) is 8.32. The predicted octanol–water partition coefficient (Wildman–Crippen LogP) is 2.06. The molecule has 0 aliphatic carbocycles. The van der Waals surface area contributed by atoms with Gasteiger partial charge in [0.2, 0.25) is 0 Å². The molecule has 1 aliphatic rings. The van der Waals surface area contributed by atoms with Gasteiger partial charge < -0.3 is 15.2 Å². The fourth-order valence-corrected chi connectivity index (χ4v) is 2.77. The number of nitrogens with two attached hydrogens (primary N) is 1. The molecule has 0 spiro atoms. The number of ether oxygens (including phenoxy) is 2. The minimum Gasteiger partial charge on any atom is -0.492 e. The Kier molecular flexibility index (Phi) is 6.42. The summed E-state index contributed by atoms with van der Waals surface area (Å²) >= 11 is 4.97. The van der Waals surface area contributed by atoms with Crippen molar-refractivity contribution < 1.29 is 9.47 Å². The van der Waals surface area contributed by atoms with Crippen LogP contribution in [0.3, 0.4) is 0 Å². The van der Waals surface area contributed by atoms with Gasteiger partial charge in [0.05, 0.1) is 0 Å². The van der Waals surface area contributed by atoms with Crippen LogP contribution < -0.4 is 10.5 Å². The zero-order chi connectivity index (χ0) is 15.1. The molecular formula is C16H24N2O2S. The molecule has 0 unspecified atom stereocenters. The molecule has 0 radical (unpaired) electrons. The van der Waals surface area contributed by atoms with E-state index < -0.39 is 0 Å². The first-order valence-corrected chi connectivity index (χ1v) is 7.84. The molecule has 1 fully saturated rings. The Bertz CT molecular complexity index is 459. The van der Waals surface area contributed by atoms with Crippen LogP contribution in [0, 0.1) is 5.92 Å². The quantitative estimate of drug-likeness (QED) is 0.781. The largest absolute Gasteiger partial charge is 0.492 e. The van der Waals surface area contributed by atoms with Crippen molar-refractivity contribution in [2.24, 2.45) is 11.7 Å². The number of rotatable bonds is 7. The van der Waals surface area contributed by atoms with Crippen molar-refractivity contribution in [3.8, 4) is 5.75 Å². The minimum atomic E-state index is 0.403. The zero-order valence-electron chi connectivity index (χ0n) is 12.6. The van der Waals surface area contributed by atoms with Gasteiger partial charge in [0, 0.05) is 25.8 Å². The van der Waals surface area contributed by atoms with Crippen molar-refractivity contribution in [1.29, 1.82) is 0 Å². The second-order valence-electron chi connectivity index (χ2n) is 5.48. The van der Waals surface area contributed by atoms with Crippen LogP contribution in [-0.2, 0) is 4.74 Å². The molecule has 1 aromatic rings. The molecule has 0 amide bonds. The molecule has 2 rings (SSSR count). The lowest BCUT2D eigenvalue weighted by Crippen LogP contribution is -2.37. The number of thiocarbonyl (C=S) groups is 1. The van der Waals surface area contributed by atoms with E-state index in [4.69, 9.17) is 27.4 Å². The molecule has 0 saturated carbocycles. The first-order chi connectivity index (χ1) is 10.2. The van der Waals surface area contributed by atoms with Gasteiger partial charge in [0.15, 0.2) is 0 Å². The molecule has 116 valence electrons. The van der Waals surface area contributed by atoms with Gasteiger partial charge >= 0.3 is 0 Å². The highest BCUT2D eigenvalue weighted by Crippen LogP contribution is 2.17. The number of hydrogen-bond acceptors (Lipinski definition) is 4. The summed E-state index contributed by atoms with van der Waals surface area (Å²) in [7, 11) is 1.78. The first-order valence-electron chi connectivity index (χ1n) is 7.43. The highest BCUT2D eigenvalue weighted by Gasteiger charge is 2.18. The van der Waals surface area contributed by atoms with E-state index >= 15 is 0 Å². The topological polar surface area (TPSA) is 47.7 Å². The third kappa shape index (κ3) is 5.26. The lowest BCUT2D eigenvalue weighted by Gasteiger charge is -2.31. The molecule has 2 N–H and O–H groups in total. The van der Waals surface area contributed by atoms with Gasteiger partial charge in [0.1, 0.15) is 17.3 Å². The summed E-state index contributed by atoms with van der Waals surface area (Å²) in [5, 5.41) is 0. The number of piperidine rings is 1. The van der Waals surface area contributed by atoms with Crippen molar-refractivity contribution in [1.82, 2.24) is 4.90 Å². The van der Waals surface area contributed by atoms with Gasteiger partial charge in [-0.15, -0.1) is 0 Å². The van der Waals surface area contributed by atoms with Crippen LogP contribution >= 0.6 is 12.2 Å². The normalized spacial score (nSPS) is 16.8. The van der Waals surface area contributed by atoms with Crippen LogP contribution in [0.4, 0.5) is 0 Å². The standard InChI is InChI=1S/C16H24N2O2S/c1-19-12-13-5-7-18(8-6-13)9-10-20-15-4-2-3-14(11-15)16(17)21/h2-4,11,13H,5-10,12H2,1H3,(H2,17,21). The Morgan fingerprint density at radius 3 is 2.81 bits per heavy atom. The molecule has 4 nitrogen and oxygen atoms in total. The average Bonchev–Trinajstić information content (AvgIpc) is 2.50. The van der Waals surface area contributed by atoms with Crippen molar-refractivity contribution in [3.63, 3.8) is 0 Å². The molecule has 1 aliphatic heterocycles. The molecule has 5 heteroatoms. The van der Waals surface area contributed by atoms with Crippen LogP contribution in [0.2, 0.25) is 0 Å². The molecule has 0 bridgehead atoms. The summed E-state index contributed by atoms with van der Waals surface area (Å²) in [5.41, 5.74) is 6.47. The lowest BCUT2D eigenvalue weighted by molar-refractivity contribution is 0.0928. The number of hydrogen-bond donors (Lipinski definition) is 1. The van der Waals surface area contributed by atoms with E-state index in [1.807, 2.05) is 24.3 Å². The van der Waals surface area contributed by atoms with Crippen molar-refractivity contribution in [3.05, 3.63) is 29.8 Å². The molecule has 21 heavy (non-hydrogen) atoms. The second-order valence-corrected chi connectivity index (χ2v) is 5.92. The average molecular weight is 308 g/mol. The first kappa shape index (κ1) is 16.2. The third-order valence-corrected chi connectivity index (χ3v) is 4.14. The smallest absolute Gasteiger partial charge is 0.120 e. The van der Waals surface area contributed by atoms with E-state index in [1.54, 1.807) is 7.11 Å². The maximum Gasteiger partial charge on any atom is 0.120 e. The molecule has 1 saturated heterocycles. The summed E-state index contributed by atoms with van der Waals surface area (Å²) < 4.78 is 11.0. The number of nitrogens with zero attached hydrogens (tertiary/aromatic N) is 1. The Morgan fingerprint density at radius 1 is 1.38 bits per heavy atom. The predicted molar refractivity (Wildman–Crippen MR) is 88.9 cm³/mol. The van der Waals surface area contributed by atoms with Crippen LogP contribution in [0.5, 0.6) is 5.75 Å². The third-order valence-electron chi connectivity index (χ3n) is 3.90. The SMILES string of the molecule is COCC1CCN(CCOc2cccc(C(N)=S)c2)CC1. The Hall–Kier alpha value is -1.17. The molecule has 1 aromatic carbocycles. The molecule has 0 aromatic heterocycles. The monoisotopic (exact) mass is 308 g/mol. The highest BCUT2D eigenvalue weighted by atomic mass is 32.1. The van der Waals surface area contributed by atoms with Gasteiger partial charge in [-0.25, -0.2) is 0 Å². The Morgan fingerprint density at radius 2 is 2.14 bits per heavy atom. The zero-order valence-corrected chi connectivity index (χ0v) is 13.4. The summed E-state index contributed by atoms with van der Waals surface area (Å²) in [4.78, 5) is 2.85. The van der Waals surface area contributed by atoms with Crippen molar-refractivity contribution in [2.75, 3.05) is 40.0 Å². The molecule has 0 atom stereocenters. The van der Waals surface area contributed by atoms with Crippen LogP contribution in [0.1, 0.15) is 18.4 Å². The summed E-state index contributed by atoms with van der Waals surface area (Å²) in [6, 6.07) is 7.65. The highest BCUT2D eigenvalue weighted by molar-refractivity contribution is 7.80. The van der Waals surface area contributed by atoms with Crippen LogP contribution in [0.15, 0.2) is 24.3 Å². The fraction of sp³-hybridized carbons (Fsp3) is 0.562. The van der Waals surface area contributed by atoms with Gasteiger partial charge in [0.25, 0.3) is 0 Å². The maximum absolute atomic E-state index is 5.79. The van der Waals surface area contributed by atoms with E-state index in [0.717, 1.165) is 43.5 Å². The lowest BCUT2D eigenvalue weighted by atomic mass is 9.98. The van der Waals surface area contributed by atoms with E-state index in [0.29, 0.717) is 11.6 Å². The Labute approximate surface area is 132 Å². The van der Waals surface area contributed by atoms with Crippen LogP contribution in [-0.4, -0.2) is 49.8 Å². The minimum absolute atomic E-state index is 0.403. The van der Waals surface area contributed by atoms with E-state index in [1.165, 1.54) is 12.8 Å². The van der Waals surface area contributed by atoms with E-state index in [-0.39, 0.29) is 0 Å². The summed E-state index contributed by atoms with van der Waals surface area (Å²) in [6.45, 7) is 4.79. The van der Waals surface area contributed by atoms with Gasteiger partial charge in [-0.2, -0.15) is 0 Å². The van der Waals surface area contributed by atoms with Gasteiger partial charge in [-0.1, -0.05) is 24.4 Å². The number of methoxy groups -OCH3 is 1. The summed E-state index contributed by atoms with van der Waals surface area (Å²) in [6.07, 6.45) is 2.43.